The molecule has 2 N–H and O–H groups in total. The molecule has 1 amide bonds. The number of nitriles is 1. The molecule has 0 aromatic heterocycles. The van der Waals surface area contributed by atoms with E-state index in [9.17, 15) is 18.0 Å². The summed E-state index contributed by atoms with van der Waals surface area (Å²) in [6.07, 6.45) is 1.18. The van der Waals surface area contributed by atoms with Crippen LogP contribution in [-0.2, 0) is 24.3 Å². The van der Waals surface area contributed by atoms with Gasteiger partial charge in [0.05, 0.1) is 17.0 Å². The molecule has 0 heterocycles. The first-order valence-electron chi connectivity index (χ1n) is 7.84. The number of unbranched alkanes of at least 4 members (excludes halogenated alkanes) is 1. The number of benzene rings is 1. The van der Waals surface area contributed by atoms with Crippen molar-refractivity contribution in [3.8, 4) is 6.07 Å². The van der Waals surface area contributed by atoms with Crippen LogP contribution in [0.15, 0.2) is 18.2 Å². The molecule has 0 aliphatic rings. The predicted molar refractivity (Wildman–Crippen MR) is 97.0 cm³/mol. The Labute approximate surface area is 157 Å². The van der Waals surface area contributed by atoms with Gasteiger partial charge in [-0.05, 0) is 31.5 Å². The molecule has 142 valence electrons. The summed E-state index contributed by atoms with van der Waals surface area (Å²) in [5.74, 6) is -1.65. The van der Waals surface area contributed by atoms with E-state index in [4.69, 9.17) is 21.6 Å². The second kappa shape index (κ2) is 10.1. The first-order valence-corrected chi connectivity index (χ1v) is 9.87. The minimum absolute atomic E-state index is 0.0900. The van der Waals surface area contributed by atoms with Gasteiger partial charge in [-0.2, -0.15) is 5.26 Å². The fourth-order valence-electron chi connectivity index (χ4n) is 1.88. The van der Waals surface area contributed by atoms with Gasteiger partial charge in [-0.15, -0.1) is 0 Å². The lowest BCUT2D eigenvalue weighted by Crippen LogP contribution is -2.41. The maximum Gasteiger partial charge on any atom is 0.324 e. The Kier molecular flexibility index (Phi) is 8.51. The summed E-state index contributed by atoms with van der Waals surface area (Å²) < 4.78 is 30.5. The molecular weight excluding hydrogens is 382 g/mol. The van der Waals surface area contributed by atoms with Crippen LogP contribution in [0.1, 0.15) is 32.3 Å². The van der Waals surface area contributed by atoms with Gasteiger partial charge < -0.3 is 10.1 Å². The van der Waals surface area contributed by atoms with Gasteiger partial charge in [0.15, 0.2) is 6.61 Å². The Bertz CT molecular complexity index is 805. The molecule has 26 heavy (non-hydrogen) atoms. The summed E-state index contributed by atoms with van der Waals surface area (Å²) in [5.41, 5.74) is 0.389. The number of nitrogens with one attached hydrogen (secondary N) is 2. The van der Waals surface area contributed by atoms with Crippen molar-refractivity contribution in [3.05, 3.63) is 28.8 Å². The topological polar surface area (TPSA) is 125 Å². The van der Waals surface area contributed by atoms with Gasteiger partial charge in [-0.25, -0.2) is 13.1 Å². The van der Waals surface area contributed by atoms with Crippen molar-refractivity contribution >= 4 is 39.2 Å². The number of hydrogen-bond acceptors (Lipinski definition) is 6. The van der Waals surface area contributed by atoms with Crippen LogP contribution < -0.4 is 10.0 Å². The van der Waals surface area contributed by atoms with Crippen molar-refractivity contribution in [2.24, 2.45) is 0 Å². The van der Waals surface area contributed by atoms with Crippen LogP contribution in [0.25, 0.3) is 0 Å². The van der Waals surface area contributed by atoms with Gasteiger partial charge in [0.2, 0.25) is 10.0 Å². The predicted octanol–water partition coefficient (Wildman–Crippen LogP) is 1.80. The summed E-state index contributed by atoms with van der Waals surface area (Å²) in [5, 5.41) is 11.7. The monoisotopic (exact) mass is 401 g/mol. The molecule has 1 rings (SSSR count). The molecule has 1 aromatic carbocycles. The first-order chi connectivity index (χ1) is 12.2. The second-order valence-electron chi connectivity index (χ2n) is 5.47. The third-order valence-corrected chi connectivity index (χ3v) is 4.97. The SMILES string of the molecule is CCCCS(=O)(=O)N[C@@H](C)C(=O)OCC(=O)Nc1cc(Cl)ccc1C#N. The number of hydrogen-bond donors (Lipinski definition) is 2. The fraction of sp³-hybridized carbons (Fsp3) is 0.438. The number of sulfonamides is 1. The number of carbonyl (C=O) groups is 2. The molecule has 0 fully saturated rings. The van der Waals surface area contributed by atoms with Crippen molar-refractivity contribution in [1.29, 1.82) is 5.26 Å². The molecule has 0 saturated carbocycles. The molecule has 0 saturated heterocycles. The molecule has 0 spiro atoms. The van der Waals surface area contributed by atoms with E-state index < -0.39 is 34.5 Å². The van der Waals surface area contributed by atoms with E-state index in [1.807, 2.05) is 13.0 Å². The van der Waals surface area contributed by atoms with Gasteiger partial charge in [0.25, 0.3) is 5.91 Å². The van der Waals surface area contributed by atoms with Crippen LogP contribution in [0.4, 0.5) is 5.69 Å². The summed E-state index contributed by atoms with van der Waals surface area (Å²) in [6.45, 7) is 2.55. The number of amides is 1. The summed E-state index contributed by atoms with van der Waals surface area (Å²) in [6, 6.07) is 5.11. The van der Waals surface area contributed by atoms with Crippen LogP contribution in [0, 0.1) is 11.3 Å². The van der Waals surface area contributed by atoms with Gasteiger partial charge in [-0.3, -0.25) is 9.59 Å². The highest BCUT2D eigenvalue weighted by Crippen LogP contribution is 2.20. The fourth-order valence-corrected chi connectivity index (χ4v) is 3.47. The Balaban J connectivity index is 2.56. The van der Waals surface area contributed by atoms with Gasteiger partial charge >= 0.3 is 5.97 Å². The molecule has 0 bridgehead atoms. The largest absolute Gasteiger partial charge is 0.454 e. The van der Waals surface area contributed by atoms with Crippen LogP contribution >= 0.6 is 11.6 Å². The smallest absolute Gasteiger partial charge is 0.324 e. The molecule has 1 aromatic rings. The van der Waals surface area contributed by atoms with E-state index in [0.717, 1.165) is 0 Å². The van der Waals surface area contributed by atoms with E-state index in [2.05, 4.69) is 10.0 Å². The summed E-state index contributed by atoms with van der Waals surface area (Å²) in [4.78, 5) is 23.7. The average Bonchev–Trinajstić information content (AvgIpc) is 2.57. The number of halogens is 1. The van der Waals surface area contributed by atoms with E-state index in [1.165, 1.54) is 25.1 Å². The van der Waals surface area contributed by atoms with E-state index in [1.54, 1.807) is 0 Å². The zero-order chi connectivity index (χ0) is 19.7. The Morgan fingerprint density at radius 2 is 2.08 bits per heavy atom. The van der Waals surface area contributed by atoms with Gasteiger partial charge in [0, 0.05) is 5.02 Å². The van der Waals surface area contributed by atoms with E-state index >= 15 is 0 Å². The van der Waals surface area contributed by atoms with Crippen LogP contribution in [0.5, 0.6) is 0 Å². The van der Waals surface area contributed by atoms with E-state index in [0.29, 0.717) is 17.9 Å². The van der Waals surface area contributed by atoms with E-state index in [-0.39, 0.29) is 17.0 Å². The Hall–Kier alpha value is -2.15. The van der Waals surface area contributed by atoms with Gasteiger partial charge in [0.1, 0.15) is 12.1 Å². The number of rotatable bonds is 9. The maximum atomic E-state index is 11.9. The molecule has 10 heteroatoms. The van der Waals surface area contributed by atoms with Crippen molar-refractivity contribution < 1.29 is 22.7 Å². The number of anilines is 1. The van der Waals surface area contributed by atoms with Crippen LogP contribution in [0.2, 0.25) is 5.02 Å². The lowest BCUT2D eigenvalue weighted by molar-refractivity contribution is -0.148. The Morgan fingerprint density at radius 1 is 1.38 bits per heavy atom. The number of esters is 1. The lowest BCUT2D eigenvalue weighted by Gasteiger charge is -2.14. The number of ether oxygens (including phenoxy) is 1. The van der Waals surface area contributed by atoms with Crippen LogP contribution in [-0.4, -0.2) is 38.7 Å². The lowest BCUT2D eigenvalue weighted by atomic mass is 10.2. The molecule has 0 unspecified atom stereocenters. The van der Waals surface area contributed by atoms with Crippen molar-refractivity contribution in [2.75, 3.05) is 17.7 Å². The third-order valence-electron chi connectivity index (χ3n) is 3.20. The average molecular weight is 402 g/mol. The number of carbonyl (C=O) groups excluding carboxylic acids is 2. The standard InChI is InChI=1S/C16H20ClN3O5S/c1-3-4-7-26(23,24)20-11(2)16(22)25-10-15(21)19-14-8-13(17)6-5-12(14)9-18/h5-6,8,11,20H,3-4,7,10H2,1-2H3,(H,19,21)/t11-/m0/s1. The molecule has 1 atom stereocenters. The minimum Gasteiger partial charge on any atom is -0.454 e. The highest BCUT2D eigenvalue weighted by molar-refractivity contribution is 7.89. The highest BCUT2D eigenvalue weighted by atomic mass is 35.5. The highest BCUT2D eigenvalue weighted by Gasteiger charge is 2.22. The first kappa shape index (κ1) is 21.9. The van der Waals surface area contributed by atoms with Crippen molar-refractivity contribution in [1.82, 2.24) is 4.72 Å². The zero-order valence-corrected chi connectivity index (χ0v) is 16.0. The molecule has 0 radical (unpaired) electrons. The van der Waals surface area contributed by atoms with Gasteiger partial charge in [-0.1, -0.05) is 24.9 Å². The normalized spacial score (nSPS) is 12.1. The molecule has 0 aliphatic carbocycles. The second-order valence-corrected chi connectivity index (χ2v) is 7.78. The van der Waals surface area contributed by atoms with Crippen molar-refractivity contribution in [3.63, 3.8) is 0 Å². The minimum atomic E-state index is -3.59. The third kappa shape index (κ3) is 7.39. The molecule has 8 nitrogen and oxygen atoms in total. The summed E-state index contributed by atoms with van der Waals surface area (Å²) >= 11 is 5.81. The summed E-state index contributed by atoms with van der Waals surface area (Å²) in [7, 11) is -3.59. The maximum absolute atomic E-state index is 11.9. The van der Waals surface area contributed by atoms with Crippen molar-refractivity contribution in [2.45, 2.75) is 32.7 Å². The zero-order valence-electron chi connectivity index (χ0n) is 14.4. The quantitative estimate of drug-likeness (QED) is 0.607. The molecule has 0 aliphatic heterocycles. The molecular formula is C16H20ClN3O5S. The number of nitrogens with zero attached hydrogens (tertiary/aromatic N) is 1. The Morgan fingerprint density at radius 3 is 2.69 bits per heavy atom. The van der Waals surface area contributed by atoms with Crippen LogP contribution in [0.3, 0.4) is 0 Å².